The molecule has 0 aliphatic heterocycles. The molecule has 0 unspecified atom stereocenters. The first-order valence-electron chi connectivity index (χ1n) is 11.1. The normalized spacial score (nSPS) is 13.8. The minimum atomic E-state index is -4.77. The summed E-state index contributed by atoms with van der Waals surface area (Å²) in [6.45, 7) is 0.780. The van der Waals surface area contributed by atoms with Crippen LogP contribution in [0, 0.1) is 0 Å². The predicted octanol–water partition coefficient (Wildman–Crippen LogP) is 5.75. The van der Waals surface area contributed by atoms with Gasteiger partial charge in [0.25, 0.3) is 0 Å². The Labute approximate surface area is 220 Å². The lowest BCUT2D eigenvalue weighted by Gasteiger charge is -2.21. The quantitative estimate of drug-likeness (QED) is 0.219. The molecule has 0 spiro atoms. The van der Waals surface area contributed by atoms with Gasteiger partial charge in [-0.25, -0.2) is 4.57 Å². The molecule has 1 heterocycles. The predicted molar refractivity (Wildman–Crippen MR) is 136 cm³/mol. The summed E-state index contributed by atoms with van der Waals surface area (Å²) in [5.74, 6) is -0.336. The fourth-order valence-corrected chi connectivity index (χ4v) is 4.77. The maximum absolute atomic E-state index is 13.9. The Balaban J connectivity index is 1.52. The smallest absolute Gasteiger partial charge is 0.469 e. The zero-order valence-electron chi connectivity index (χ0n) is 19.9. The molecule has 8 nitrogen and oxygen atoms in total. The van der Waals surface area contributed by atoms with Gasteiger partial charge in [0.1, 0.15) is 22.4 Å². The average Bonchev–Trinajstić information content (AvgIpc) is 3.38. The van der Waals surface area contributed by atoms with Crippen LogP contribution in [0.25, 0.3) is 21.7 Å². The summed E-state index contributed by atoms with van der Waals surface area (Å²) < 4.78 is 62.7. The summed E-state index contributed by atoms with van der Waals surface area (Å²) in [6.07, 6.45) is -4.70. The molecule has 4 aromatic rings. The first-order chi connectivity index (χ1) is 17.8. The van der Waals surface area contributed by atoms with E-state index in [1.165, 1.54) is 19.1 Å². The number of hydrogen-bond acceptors (Lipinski definition) is 7. The van der Waals surface area contributed by atoms with Crippen LogP contribution in [-0.4, -0.2) is 26.6 Å². The lowest BCUT2D eigenvalue weighted by Crippen LogP contribution is -2.37. The van der Waals surface area contributed by atoms with Crippen molar-refractivity contribution in [1.82, 2.24) is 10.2 Å². The summed E-state index contributed by atoms with van der Waals surface area (Å²) in [4.78, 5) is 17.8. The maximum atomic E-state index is 13.9. The lowest BCUT2D eigenvalue weighted by atomic mass is 10.0. The highest BCUT2D eigenvalue weighted by Gasteiger charge is 2.36. The highest BCUT2D eigenvalue weighted by Crippen LogP contribution is 2.41. The molecule has 4 rings (SSSR count). The van der Waals surface area contributed by atoms with Gasteiger partial charge in [-0.15, -0.1) is 10.2 Å². The Morgan fingerprint density at radius 3 is 2.21 bits per heavy atom. The molecular formula is C25H23F3N3O5PS. The van der Waals surface area contributed by atoms with E-state index in [0.717, 1.165) is 28.5 Å². The number of aromatic nitrogens is 2. The van der Waals surface area contributed by atoms with E-state index in [-0.39, 0.29) is 27.9 Å². The third-order valence-corrected chi connectivity index (χ3v) is 7.15. The largest absolute Gasteiger partial charge is 0.488 e. The van der Waals surface area contributed by atoms with Crippen molar-refractivity contribution in [2.45, 2.75) is 25.2 Å². The molecule has 1 atom stereocenters. The van der Waals surface area contributed by atoms with E-state index in [0.29, 0.717) is 5.56 Å². The van der Waals surface area contributed by atoms with E-state index >= 15 is 0 Å². The van der Waals surface area contributed by atoms with Crippen LogP contribution in [0.3, 0.4) is 0 Å². The van der Waals surface area contributed by atoms with Crippen LogP contribution in [0.5, 0.6) is 5.75 Å². The Morgan fingerprint density at radius 2 is 1.58 bits per heavy atom. The number of phosphoric ester groups is 1. The Hall–Kier alpha value is -3.12. The van der Waals surface area contributed by atoms with Gasteiger partial charge in [0.05, 0.1) is 17.7 Å². The van der Waals surface area contributed by atoms with Crippen LogP contribution in [0.15, 0.2) is 72.8 Å². The molecular weight excluding hydrogens is 542 g/mol. The number of benzene rings is 3. The molecule has 0 aliphatic carbocycles. The van der Waals surface area contributed by atoms with E-state index < -0.39 is 31.7 Å². The van der Waals surface area contributed by atoms with Gasteiger partial charge in [0.2, 0.25) is 0 Å². The first kappa shape index (κ1) is 27.9. The zero-order valence-corrected chi connectivity index (χ0v) is 21.6. The Bertz CT molecular complexity index is 1440. The minimum Gasteiger partial charge on any atom is -0.488 e. The van der Waals surface area contributed by atoms with Crippen molar-refractivity contribution in [3.63, 3.8) is 0 Å². The number of phosphoric acid groups is 1. The van der Waals surface area contributed by atoms with Crippen LogP contribution in [0.1, 0.15) is 23.1 Å². The van der Waals surface area contributed by atoms with Crippen LogP contribution < -0.4 is 10.5 Å². The molecule has 0 bridgehead atoms. The fraction of sp³-hybridized carbons (Fsp3) is 0.200. The summed E-state index contributed by atoms with van der Waals surface area (Å²) in [6, 6.07) is 20.6. The van der Waals surface area contributed by atoms with Gasteiger partial charge >= 0.3 is 14.0 Å². The molecule has 0 radical (unpaired) electrons. The van der Waals surface area contributed by atoms with E-state index in [2.05, 4.69) is 14.7 Å². The van der Waals surface area contributed by atoms with Crippen molar-refractivity contribution in [3.05, 3.63) is 88.9 Å². The van der Waals surface area contributed by atoms with Crippen LogP contribution in [0.2, 0.25) is 0 Å². The third kappa shape index (κ3) is 7.04. The molecule has 3 aromatic carbocycles. The van der Waals surface area contributed by atoms with Crippen LogP contribution >= 0.6 is 19.2 Å². The number of rotatable bonds is 9. The summed E-state index contributed by atoms with van der Waals surface area (Å²) in [7, 11) is -4.77. The van der Waals surface area contributed by atoms with E-state index in [1.807, 2.05) is 42.5 Å². The summed E-state index contributed by atoms with van der Waals surface area (Å²) in [5, 5.41) is 8.06. The average molecular weight is 566 g/mol. The standard InChI is InChI=1S/C25H23F3N3O5PS/c1-24(29,15-36-37(32,33)34)23-31-30-22(38-23)19-11-12-21(20(13-19)25(26,27)28)35-14-16-7-9-18(10-8-16)17-5-3-2-4-6-17/h2-13H,14-15,29H2,1H3,(H2,32,33,34)/t24-/m0/s1. The second kappa shape index (κ2) is 10.9. The van der Waals surface area contributed by atoms with Crippen molar-refractivity contribution in [1.29, 1.82) is 0 Å². The van der Waals surface area contributed by atoms with Crippen molar-refractivity contribution in [2.24, 2.45) is 5.73 Å². The SMILES string of the molecule is C[C@](N)(COP(=O)(O)O)c1nnc(-c2ccc(OCc3ccc(-c4ccccc4)cc3)c(C(F)(F)F)c2)s1. The van der Waals surface area contributed by atoms with Crippen molar-refractivity contribution in [2.75, 3.05) is 6.61 Å². The summed E-state index contributed by atoms with van der Waals surface area (Å²) in [5.41, 5.74) is 6.47. The number of nitrogens with two attached hydrogens (primary N) is 1. The van der Waals surface area contributed by atoms with E-state index in [9.17, 15) is 17.7 Å². The van der Waals surface area contributed by atoms with E-state index in [1.54, 1.807) is 12.1 Å². The van der Waals surface area contributed by atoms with Gasteiger partial charge in [-0.05, 0) is 41.8 Å². The molecule has 0 amide bonds. The number of ether oxygens (including phenoxy) is 1. The fourth-order valence-electron chi connectivity index (χ4n) is 3.45. The molecule has 13 heteroatoms. The number of nitrogens with zero attached hydrogens (tertiary/aromatic N) is 2. The highest BCUT2D eigenvalue weighted by molar-refractivity contribution is 7.46. The third-order valence-electron chi connectivity index (χ3n) is 5.43. The molecule has 0 saturated heterocycles. The van der Waals surface area contributed by atoms with Crippen molar-refractivity contribution < 1.29 is 36.8 Å². The summed E-state index contributed by atoms with van der Waals surface area (Å²) >= 11 is 0.890. The molecule has 4 N–H and O–H groups in total. The number of hydrogen-bond donors (Lipinski definition) is 3. The number of halogens is 3. The molecule has 1 aromatic heterocycles. The van der Waals surface area contributed by atoms with Gasteiger partial charge in [-0.2, -0.15) is 13.2 Å². The second-order valence-electron chi connectivity index (χ2n) is 8.65. The maximum Gasteiger partial charge on any atom is 0.469 e. The lowest BCUT2D eigenvalue weighted by molar-refractivity contribution is -0.139. The van der Waals surface area contributed by atoms with Gasteiger partial charge in [-0.1, -0.05) is 65.9 Å². The van der Waals surface area contributed by atoms with Crippen molar-refractivity contribution >= 4 is 19.2 Å². The van der Waals surface area contributed by atoms with Gasteiger partial charge in [0.15, 0.2) is 0 Å². The first-order valence-corrected chi connectivity index (χ1v) is 13.5. The van der Waals surface area contributed by atoms with Gasteiger partial charge < -0.3 is 20.3 Å². The topological polar surface area (TPSA) is 128 Å². The monoisotopic (exact) mass is 565 g/mol. The van der Waals surface area contributed by atoms with Gasteiger partial charge in [0, 0.05) is 5.56 Å². The molecule has 0 saturated carbocycles. The highest BCUT2D eigenvalue weighted by atomic mass is 32.1. The second-order valence-corrected chi connectivity index (χ2v) is 10.9. The Morgan fingerprint density at radius 1 is 0.947 bits per heavy atom. The van der Waals surface area contributed by atoms with Crippen molar-refractivity contribution in [3.8, 4) is 27.4 Å². The van der Waals surface area contributed by atoms with E-state index in [4.69, 9.17) is 20.3 Å². The molecule has 0 fully saturated rings. The minimum absolute atomic E-state index is 0.0639. The number of alkyl halides is 3. The molecule has 38 heavy (non-hydrogen) atoms. The van der Waals surface area contributed by atoms with Crippen LogP contribution in [-0.2, 0) is 27.4 Å². The van der Waals surface area contributed by atoms with Gasteiger partial charge in [-0.3, -0.25) is 4.52 Å². The Kier molecular flexibility index (Phi) is 8.03. The van der Waals surface area contributed by atoms with Crippen LogP contribution in [0.4, 0.5) is 13.2 Å². The molecule has 200 valence electrons. The zero-order chi connectivity index (χ0) is 27.6. The molecule has 0 aliphatic rings.